The Balaban J connectivity index is 2.24. The fourth-order valence-corrected chi connectivity index (χ4v) is 3.05. The predicted molar refractivity (Wildman–Crippen MR) is 77.0 cm³/mol. The van der Waals surface area contributed by atoms with Crippen molar-refractivity contribution in [2.75, 3.05) is 0 Å². The van der Waals surface area contributed by atoms with E-state index in [2.05, 4.69) is 28.0 Å². The van der Waals surface area contributed by atoms with E-state index in [1.165, 1.54) is 0 Å². The van der Waals surface area contributed by atoms with Crippen LogP contribution in [-0.4, -0.2) is 14.9 Å². The van der Waals surface area contributed by atoms with Crippen LogP contribution in [0.2, 0.25) is 0 Å². The first-order valence-electron chi connectivity index (χ1n) is 6.53. The van der Waals surface area contributed by atoms with E-state index < -0.39 is 6.10 Å². The second-order valence-electron chi connectivity index (χ2n) is 4.56. The molecule has 1 N–H and O–H groups in total. The summed E-state index contributed by atoms with van der Waals surface area (Å²) in [6.07, 6.45) is 3.25. The molecule has 19 heavy (non-hydrogen) atoms. The van der Waals surface area contributed by atoms with Crippen LogP contribution in [0.1, 0.15) is 42.7 Å². The van der Waals surface area contributed by atoms with Crippen LogP contribution in [0.3, 0.4) is 0 Å². The van der Waals surface area contributed by atoms with Crippen molar-refractivity contribution in [2.24, 2.45) is 7.05 Å². The molecule has 1 unspecified atom stereocenters. The SMILES string of the molecule is CCc1nn(C)c(CC(O)c2ccoc2CC)c1Br. The molecule has 104 valence electrons. The second kappa shape index (κ2) is 5.92. The molecular formula is C14H19BrN2O2. The zero-order chi connectivity index (χ0) is 14.0. The zero-order valence-corrected chi connectivity index (χ0v) is 13.1. The lowest BCUT2D eigenvalue weighted by atomic mass is 10.0. The lowest BCUT2D eigenvalue weighted by Crippen LogP contribution is -2.07. The van der Waals surface area contributed by atoms with Gasteiger partial charge >= 0.3 is 0 Å². The van der Waals surface area contributed by atoms with Crippen LogP contribution in [-0.2, 0) is 26.3 Å². The third-order valence-corrected chi connectivity index (χ3v) is 4.27. The van der Waals surface area contributed by atoms with Crippen LogP contribution in [0.5, 0.6) is 0 Å². The molecule has 0 radical (unpaired) electrons. The number of aliphatic hydroxyl groups excluding tert-OH is 1. The van der Waals surface area contributed by atoms with Crippen LogP contribution in [0, 0.1) is 0 Å². The molecule has 0 aliphatic rings. The van der Waals surface area contributed by atoms with Crippen molar-refractivity contribution in [1.82, 2.24) is 9.78 Å². The number of aryl methyl sites for hydroxylation is 3. The summed E-state index contributed by atoms with van der Waals surface area (Å²) in [5.74, 6) is 0.849. The topological polar surface area (TPSA) is 51.2 Å². The third-order valence-electron chi connectivity index (χ3n) is 3.35. The van der Waals surface area contributed by atoms with E-state index >= 15 is 0 Å². The quantitative estimate of drug-likeness (QED) is 0.918. The first kappa shape index (κ1) is 14.3. The summed E-state index contributed by atoms with van der Waals surface area (Å²) in [5, 5.41) is 14.8. The lowest BCUT2D eigenvalue weighted by Gasteiger charge is -2.11. The average Bonchev–Trinajstić information content (AvgIpc) is 2.97. The summed E-state index contributed by atoms with van der Waals surface area (Å²) < 4.78 is 8.19. The van der Waals surface area contributed by atoms with Gasteiger partial charge in [-0.25, -0.2) is 0 Å². The van der Waals surface area contributed by atoms with Crippen molar-refractivity contribution in [2.45, 2.75) is 39.2 Å². The molecule has 0 amide bonds. The number of aliphatic hydroxyl groups is 1. The zero-order valence-electron chi connectivity index (χ0n) is 11.5. The highest BCUT2D eigenvalue weighted by Gasteiger charge is 2.20. The highest BCUT2D eigenvalue weighted by Crippen LogP contribution is 2.28. The largest absolute Gasteiger partial charge is 0.469 e. The fraction of sp³-hybridized carbons (Fsp3) is 0.500. The summed E-state index contributed by atoms with van der Waals surface area (Å²) in [6.45, 7) is 4.09. The maximum atomic E-state index is 10.4. The number of hydrogen-bond donors (Lipinski definition) is 1. The van der Waals surface area contributed by atoms with Crippen molar-refractivity contribution < 1.29 is 9.52 Å². The predicted octanol–water partition coefficient (Wildman–Crippen LogP) is 3.18. The molecule has 0 fully saturated rings. The summed E-state index contributed by atoms with van der Waals surface area (Å²) in [6, 6.07) is 1.84. The summed E-state index contributed by atoms with van der Waals surface area (Å²) in [5.41, 5.74) is 2.90. The Morgan fingerprint density at radius 3 is 2.74 bits per heavy atom. The minimum absolute atomic E-state index is 0.524. The number of halogens is 1. The molecule has 2 rings (SSSR count). The van der Waals surface area contributed by atoms with Crippen LogP contribution in [0.4, 0.5) is 0 Å². The molecule has 4 nitrogen and oxygen atoms in total. The fourth-order valence-electron chi connectivity index (χ4n) is 2.27. The van der Waals surface area contributed by atoms with E-state index in [4.69, 9.17) is 4.42 Å². The van der Waals surface area contributed by atoms with Crippen LogP contribution in [0.25, 0.3) is 0 Å². The Morgan fingerprint density at radius 2 is 2.16 bits per heavy atom. The van der Waals surface area contributed by atoms with E-state index in [1.807, 2.05) is 24.7 Å². The Bertz CT molecular complexity index is 560. The van der Waals surface area contributed by atoms with Crippen molar-refractivity contribution in [3.8, 4) is 0 Å². The summed E-state index contributed by atoms with van der Waals surface area (Å²) >= 11 is 3.57. The molecule has 2 aromatic rings. The molecular weight excluding hydrogens is 308 g/mol. The third kappa shape index (κ3) is 2.77. The van der Waals surface area contributed by atoms with Crippen molar-refractivity contribution in [3.63, 3.8) is 0 Å². The normalized spacial score (nSPS) is 12.9. The summed E-state index contributed by atoms with van der Waals surface area (Å²) in [4.78, 5) is 0. The van der Waals surface area contributed by atoms with Crippen molar-refractivity contribution in [3.05, 3.63) is 39.5 Å². The summed E-state index contributed by atoms with van der Waals surface area (Å²) in [7, 11) is 1.90. The van der Waals surface area contributed by atoms with Gasteiger partial charge in [0.25, 0.3) is 0 Å². The van der Waals surface area contributed by atoms with Gasteiger partial charge in [-0.15, -0.1) is 0 Å². The van der Waals surface area contributed by atoms with Gasteiger partial charge in [-0.2, -0.15) is 5.10 Å². The maximum absolute atomic E-state index is 10.4. The Kier molecular flexibility index (Phi) is 4.47. The molecule has 0 aliphatic carbocycles. The van der Waals surface area contributed by atoms with E-state index in [0.717, 1.165) is 40.0 Å². The van der Waals surface area contributed by atoms with Gasteiger partial charge < -0.3 is 9.52 Å². The van der Waals surface area contributed by atoms with Gasteiger partial charge in [0.15, 0.2) is 0 Å². The van der Waals surface area contributed by atoms with Gasteiger partial charge in [-0.3, -0.25) is 4.68 Å². The first-order chi connectivity index (χ1) is 9.08. The van der Waals surface area contributed by atoms with Crippen LogP contribution < -0.4 is 0 Å². The average molecular weight is 327 g/mol. The lowest BCUT2D eigenvalue weighted by molar-refractivity contribution is 0.173. The number of nitrogens with zero attached hydrogens (tertiary/aromatic N) is 2. The van der Waals surface area contributed by atoms with Gasteiger partial charge in [0.1, 0.15) is 5.76 Å². The van der Waals surface area contributed by atoms with Crippen molar-refractivity contribution >= 4 is 15.9 Å². The highest BCUT2D eigenvalue weighted by molar-refractivity contribution is 9.10. The Hall–Kier alpha value is -1.07. The van der Waals surface area contributed by atoms with E-state index in [1.54, 1.807) is 6.26 Å². The van der Waals surface area contributed by atoms with E-state index in [9.17, 15) is 5.11 Å². The van der Waals surface area contributed by atoms with Gasteiger partial charge in [0.05, 0.1) is 28.2 Å². The van der Waals surface area contributed by atoms with E-state index in [-0.39, 0.29) is 0 Å². The first-order valence-corrected chi connectivity index (χ1v) is 7.32. The van der Waals surface area contributed by atoms with E-state index in [0.29, 0.717) is 6.42 Å². The minimum atomic E-state index is -0.565. The molecule has 1 atom stereocenters. The number of furan rings is 1. The van der Waals surface area contributed by atoms with Gasteiger partial charge in [0, 0.05) is 25.5 Å². The number of rotatable bonds is 5. The standard InChI is InChI=1S/C14H19BrN2O2/c1-4-10-14(15)11(17(3)16-10)8-12(18)9-6-7-19-13(9)5-2/h6-7,12,18H,4-5,8H2,1-3H3. The Morgan fingerprint density at radius 1 is 1.42 bits per heavy atom. The Labute approximate surface area is 121 Å². The van der Waals surface area contributed by atoms with Gasteiger partial charge in [-0.1, -0.05) is 13.8 Å². The smallest absolute Gasteiger partial charge is 0.109 e. The van der Waals surface area contributed by atoms with Crippen LogP contribution >= 0.6 is 15.9 Å². The number of aromatic nitrogens is 2. The monoisotopic (exact) mass is 326 g/mol. The second-order valence-corrected chi connectivity index (χ2v) is 5.35. The molecule has 0 aromatic carbocycles. The molecule has 2 heterocycles. The number of hydrogen-bond acceptors (Lipinski definition) is 3. The molecule has 2 aromatic heterocycles. The van der Waals surface area contributed by atoms with Gasteiger partial charge in [-0.05, 0) is 28.4 Å². The van der Waals surface area contributed by atoms with Gasteiger partial charge in [0.2, 0.25) is 0 Å². The molecule has 0 aliphatic heterocycles. The maximum Gasteiger partial charge on any atom is 0.109 e. The highest BCUT2D eigenvalue weighted by atomic mass is 79.9. The molecule has 5 heteroatoms. The van der Waals surface area contributed by atoms with Crippen molar-refractivity contribution in [1.29, 1.82) is 0 Å². The molecule has 0 bridgehead atoms. The minimum Gasteiger partial charge on any atom is -0.469 e. The molecule has 0 spiro atoms. The molecule has 0 saturated carbocycles. The molecule has 0 saturated heterocycles. The van der Waals surface area contributed by atoms with Crippen LogP contribution in [0.15, 0.2) is 21.2 Å².